The summed E-state index contributed by atoms with van der Waals surface area (Å²) in [7, 11) is 0. The monoisotopic (exact) mass is 690 g/mol. The maximum Gasteiger partial charge on any atom is 0.434 e. The fourth-order valence-electron chi connectivity index (χ4n) is 4.63. The Hall–Kier alpha value is -6.38. The molecule has 0 unspecified atom stereocenters. The maximum absolute atomic E-state index is 14.7. The van der Waals surface area contributed by atoms with E-state index in [0.29, 0.717) is 9.58 Å². The Morgan fingerprint density at radius 3 is 2.02 bits per heavy atom. The van der Waals surface area contributed by atoms with Crippen molar-refractivity contribution in [2.45, 2.75) is 58.9 Å². The van der Waals surface area contributed by atoms with E-state index in [1.165, 1.54) is 42.7 Å². The summed E-state index contributed by atoms with van der Waals surface area (Å²) in [5, 5.41) is 23.8. The van der Waals surface area contributed by atoms with E-state index in [1.54, 1.807) is 41.5 Å². The molecule has 15 nitrogen and oxygen atoms in total. The summed E-state index contributed by atoms with van der Waals surface area (Å²) >= 11 is 0. The van der Waals surface area contributed by atoms with Gasteiger partial charge in [-0.3, -0.25) is 4.79 Å². The number of imide groups is 1. The van der Waals surface area contributed by atoms with Gasteiger partial charge >= 0.3 is 18.4 Å². The summed E-state index contributed by atoms with van der Waals surface area (Å²) < 4.78 is 55.6. The Morgan fingerprint density at radius 1 is 0.860 bits per heavy atom. The Bertz CT molecular complexity index is 2110. The fraction of sp³-hybridized carbons (Fsp3) is 0.281. The lowest BCUT2D eigenvalue weighted by atomic mass is 10.1. The van der Waals surface area contributed by atoms with Crippen LogP contribution in [0, 0.1) is 11.3 Å². The van der Waals surface area contributed by atoms with Crippen molar-refractivity contribution < 1.29 is 37.0 Å². The van der Waals surface area contributed by atoms with Gasteiger partial charge in [0.2, 0.25) is 0 Å². The first-order valence-electron chi connectivity index (χ1n) is 14.8. The van der Waals surface area contributed by atoms with Gasteiger partial charge in [-0.1, -0.05) is 24.3 Å². The Morgan fingerprint density at radius 2 is 1.46 bits per heavy atom. The van der Waals surface area contributed by atoms with E-state index < -0.39 is 46.7 Å². The van der Waals surface area contributed by atoms with E-state index >= 15 is 0 Å². The third-order valence-electron chi connectivity index (χ3n) is 6.48. The Kier molecular flexibility index (Phi) is 9.02. The molecule has 0 saturated heterocycles. The van der Waals surface area contributed by atoms with Crippen LogP contribution in [-0.4, -0.2) is 64.0 Å². The molecule has 0 spiro atoms. The number of alkyl halides is 3. The molecule has 258 valence electrons. The van der Waals surface area contributed by atoms with E-state index in [9.17, 15) is 32.8 Å². The van der Waals surface area contributed by atoms with Crippen molar-refractivity contribution >= 4 is 40.4 Å². The van der Waals surface area contributed by atoms with Crippen LogP contribution in [-0.2, 0) is 15.7 Å². The van der Waals surface area contributed by atoms with Crippen molar-refractivity contribution in [1.82, 2.24) is 34.7 Å². The molecule has 0 fully saturated rings. The standard InChI is InChI=1S/C32H29F3N10O5/c1-30(2,3)49-28(47)43(29(48)50-31(4,5)6)26-21-10-8-7-9-20(21)23(17-38-26)44-24(32(33,34)35)22(16-41-44)27(46)42-19-13-18(14-36)25(37-15-19)45-39-11-12-40-45/h7-13,15-17H,1-6H3,(H,42,46). The molecule has 0 aliphatic heterocycles. The molecule has 50 heavy (non-hydrogen) atoms. The van der Waals surface area contributed by atoms with Crippen LogP contribution in [0.5, 0.6) is 0 Å². The highest BCUT2D eigenvalue weighted by Gasteiger charge is 2.41. The minimum absolute atomic E-state index is 0.0408. The van der Waals surface area contributed by atoms with Gasteiger partial charge in [-0.15, -0.1) is 4.80 Å². The quantitative estimate of drug-likeness (QED) is 0.221. The number of amides is 3. The second-order valence-corrected chi connectivity index (χ2v) is 12.6. The molecule has 4 heterocycles. The number of fused-ring (bicyclic) bond motifs is 1. The topological polar surface area (TPSA) is 183 Å². The van der Waals surface area contributed by atoms with E-state index in [-0.39, 0.29) is 39.3 Å². The van der Waals surface area contributed by atoms with Crippen LogP contribution in [0.25, 0.3) is 22.3 Å². The highest BCUT2D eigenvalue weighted by atomic mass is 19.4. The molecule has 0 saturated carbocycles. The molecule has 0 bridgehead atoms. The fourth-order valence-corrected chi connectivity index (χ4v) is 4.63. The number of nitrogens with one attached hydrogen (secondary N) is 1. The summed E-state index contributed by atoms with van der Waals surface area (Å²) in [4.78, 5) is 49.9. The molecule has 1 aromatic carbocycles. The van der Waals surface area contributed by atoms with Crippen molar-refractivity contribution in [3.05, 3.63) is 78.1 Å². The van der Waals surface area contributed by atoms with Crippen LogP contribution in [0.2, 0.25) is 0 Å². The van der Waals surface area contributed by atoms with Crippen molar-refractivity contribution in [2.24, 2.45) is 0 Å². The highest BCUT2D eigenvalue weighted by molar-refractivity contribution is 6.14. The van der Waals surface area contributed by atoms with Crippen LogP contribution < -0.4 is 10.2 Å². The molecule has 5 aromatic rings. The number of hydrogen-bond acceptors (Lipinski definition) is 11. The zero-order chi connectivity index (χ0) is 36.6. The summed E-state index contributed by atoms with van der Waals surface area (Å²) in [5.74, 6) is -1.44. The molecule has 0 aliphatic carbocycles. The average molecular weight is 691 g/mol. The number of carbonyl (C=O) groups excluding carboxylic acids is 3. The molecule has 5 rings (SSSR count). The summed E-state index contributed by atoms with van der Waals surface area (Å²) in [5.41, 5.74) is -4.74. The number of aromatic nitrogens is 7. The molecule has 4 aromatic heterocycles. The second kappa shape index (κ2) is 12.9. The molecule has 1 N–H and O–H groups in total. The van der Waals surface area contributed by atoms with Crippen LogP contribution in [0.1, 0.15) is 63.2 Å². The number of hydrogen-bond donors (Lipinski definition) is 1. The SMILES string of the molecule is CC(C)(C)OC(=O)N(C(=O)OC(C)(C)C)c1ncc(-n2ncc(C(=O)Nc3cnc(-n4nccn4)c(C#N)c3)c2C(F)(F)F)c2ccccc12. The lowest BCUT2D eigenvalue weighted by Crippen LogP contribution is -2.44. The number of pyridine rings is 2. The molecule has 0 aliphatic rings. The summed E-state index contributed by atoms with van der Waals surface area (Å²) in [6, 6.07) is 9.02. The lowest BCUT2D eigenvalue weighted by Gasteiger charge is -2.28. The number of ether oxygens (including phenoxy) is 2. The Balaban J connectivity index is 1.59. The van der Waals surface area contributed by atoms with Crippen molar-refractivity contribution in [2.75, 3.05) is 10.2 Å². The minimum Gasteiger partial charge on any atom is -0.443 e. The minimum atomic E-state index is -5.12. The van der Waals surface area contributed by atoms with E-state index in [2.05, 4.69) is 30.6 Å². The summed E-state index contributed by atoms with van der Waals surface area (Å²) in [6.07, 6.45) is -1.81. The Labute approximate surface area is 282 Å². The van der Waals surface area contributed by atoms with Crippen molar-refractivity contribution in [3.63, 3.8) is 0 Å². The molecule has 0 atom stereocenters. The first-order chi connectivity index (χ1) is 23.4. The van der Waals surface area contributed by atoms with E-state index in [0.717, 1.165) is 23.4 Å². The third kappa shape index (κ3) is 7.36. The van der Waals surface area contributed by atoms with Crippen LogP contribution >= 0.6 is 0 Å². The lowest BCUT2D eigenvalue weighted by molar-refractivity contribution is -0.143. The smallest absolute Gasteiger partial charge is 0.434 e. The normalized spacial score (nSPS) is 11.9. The van der Waals surface area contributed by atoms with Gasteiger partial charge in [0, 0.05) is 10.8 Å². The zero-order valence-corrected chi connectivity index (χ0v) is 27.5. The van der Waals surface area contributed by atoms with Crippen LogP contribution in [0.15, 0.2) is 61.3 Å². The average Bonchev–Trinajstić information content (AvgIpc) is 3.70. The maximum atomic E-state index is 14.7. The predicted molar refractivity (Wildman–Crippen MR) is 171 cm³/mol. The number of rotatable bonds is 5. The number of nitriles is 1. The first kappa shape index (κ1) is 34.9. The van der Waals surface area contributed by atoms with E-state index in [4.69, 9.17) is 9.47 Å². The largest absolute Gasteiger partial charge is 0.443 e. The molecule has 0 radical (unpaired) electrons. The number of halogens is 3. The number of carbonyl (C=O) groups is 3. The number of nitrogens with zero attached hydrogens (tertiary/aromatic N) is 9. The van der Waals surface area contributed by atoms with Crippen molar-refractivity contribution in [1.29, 1.82) is 5.26 Å². The predicted octanol–water partition coefficient (Wildman–Crippen LogP) is 6.22. The molecule has 3 amide bonds. The van der Waals surface area contributed by atoms with Crippen molar-refractivity contribution in [3.8, 4) is 17.6 Å². The second-order valence-electron chi connectivity index (χ2n) is 12.6. The number of benzene rings is 1. The van der Waals surface area contributed by atoms with Gasteiger partial charge in [-0.2, -0.15) is 38.6 Å². The molecular weight excluding hydrogens is 661 g/mol. The molecule has 18 heteroatoms. The van der Waals surface area contributed by atoms with E-state index in [1.807, 2.05) is 6.07 Å². The van der Waals surface area contributed by atoms with Gasteiger partial charge in [-0.25, -0.2) is 24.2 Å². The van der Waals surface area contributed by atoms with Gasteiger partial charge in [0.1, 0.15) is 22.8 Å². The van der Waals surface area contributed by atoms with Gasteiger partial charge < -0.3 is 14.8 Å². The zero-order valence-electron chi connectivity index (χ0n) is 27.5. The van der Waals surface area contributed by atoms with Crippen LogP contribution in [0.3, 0.4) is 0 Å². The van der Waals surface area contributed by atoms with Gasteiger partial charge in [-0.05, 0) is 47.6 Å². The van der Waals surface area contributed by atoms with Gasteiger partial charge in [0.25, 0.3) is 5.91 Å². The number of anilines is 2. The first-order valence-corrected chi connectivity index (χ1v) is 14.8. The molecular formula is C32H29F3N10O5. The van der Waals surface area contributed by atoms with Crippen LogP contribution in [0.4, 0.5) is 34.3 Å². The highest BCUT2D eigenvalue weighted by Crippen LogP contribution is 2.37. The third-order valence-corrected chi connectivity index (χ3v) is 6.48. The van der Waals surface area contributed by atoms with Gasteiger partial charge in [0.15, 0.2) is 17.3 Å². The summed E-state index contributed by atoms with van der Waals surface area (Å²) in [6.45, 7) is 9.52. The van der Waals surface area contributed by atoms with Gasteiger partial charge in [0.05, 0.1) is 47.9 Å².